The van der Waals surface area contributed by atoms with Crippen molar-refractivity contribution in [3.63, 3.8) is 0 Å². The molecule has 1 aliphatic heterocycles. The van der Waals surface area contributed by atoms with E-state index in [0.29, 0.717) is 19.3 Å². The smallest absolute Gasteiger partial charge is 1.00 e. The van der Waals surface area contributed by atoms with E-state index in [2.05, 4.69) is 16.2 Å². The van der Waals surface area contributed by atoms with Crippen molar-refractivity contribution in [1.82, 2.24) is 10.2 Å². The first-order valence-electron chi connectivity index (χ1n) is 12.3. The number of hydrogen-bond donors (Lipinski definition) is 1. The Labute approximate surface area is 253 Å². The third kappa shape index (κ3) is 22.4. The Kier molecular flexibility index (Phi) is 31.1. The second kappa shape index (κ2) is 28.1. The van der Waals surface area contributed by atoms with Gasteiger partial charge in [0.25, 0.3) is 0 Å². The molecule has 0 aliphatic carbocycles. The van der Waals surface area contributed by atoms with Crippen LogP contribution in [0.2, 0.25) is 0 Å². The number of hydrogen-bond acceptors (Lipinski definition) is 7. The molecule has 1 aliphatic rings. The molecule has 2 aromatic carbocycles. The van der Waals surface area contributed by atoms with Crippen LogP contribution in [0.15, 0.2) is 60.7 Å². The molecule has 8 nitrogen and oxygen atoms in total. The molecule has 1 saturated heterocycles. The standard InChI is InChI=1S/C9H12NO2P.C7H16NO3P.C6H5.C4H10O.ClH.Mg/c1-8(10-12-13-11)7-9-5-3-2-4-6-9;1-4-10-12(9,11-5-2)8-6-7(8)3;1-2-4-6-5-3-1;1-3-5-4-2;;/h2-6,8,10H,7H2,1H3;7H,4-6H2,1-3H3;1-5H;3-4H2,1-2H3;1H;/q;;-1;;;+2/p-1/t8-;7-,8?;;;;/m11..../s1. The molecule has 0 spiro atoms. The van der Waals surface area contributed by atoms with E-state index in [9.17, 15) is 9.13 Å². The summed E-state index contributed by atoms with van der Waals surface area (Å²) in [5, 5.41) is 0. The minimum atomic E-state index is -2.90. The minimum Gasteiger partial charge on any atom is -1.00 e. The summed E-state index contributed by atoms with van der Waals surface area (Å²) in [6, 6.07) is 23.1. The maximum atomic E-state index is 11.9. The fraction of sp³-hybridized carbons (Fsp3) is 0.538. The van der Waals surface area contributed by atoms with E-state index < -0.39 is 7.75 Å². The molecule has 0 amide bonds. The van der Waals surface area contributed by atoms with E-state index >= 15 is 0 Å². The summed E-state index contributed by atoms with van der Waals surface area (Å²) < 4.78 is 43.2. The summed E-state index contributed by atoms with van der Waals surface area (Å²) in [5.41, 5.74) is 3.89. The van der Waals surface area contributed by atoms with Gasteiger partial charge in [-0.2, -0.15) is 41.9 Å². The fourth-order valence-corrected chi connectivity index (χ4v) is 4.91. The summed E-state index contributed by atoms with van der Waals surface area (Å²) in [7, 11) is -3.24. The summed E-state index contributed by atoms with van der Waals surface area (Å²) in [5.74, 6) is 0. The van der Waals surface area contributed by atoms with Crippen LogP contribution in [0.25, 0.3) is 0 Å². The topological polar surface area (TPSA) is 86.1 Å². The SMILES string of the molecule is CCOCC.CCOP(=O)(OCC)N1C[C@H]1C.C[C@H](Cc1ccccc1)NOP=O.[Cl-].[Mg+2].[c-]1ccccc1. The van der Waals surface area contributed by atoms with Crippen LogP contribution in [0.1, 0.15) is 47.1 Å². The van der Waals surface area contributed by atoms with Crippen molar-refractivity contribution in [3.8, 4) is 0 Å². The monoisotopic (exact) mass is 600 g/mol. The van der Waals surface area contributed by atoms with E-state index in [4.69, 9.17) is 13.8 Å². The average Bonchev–Trinajstić information content (AvgIpc) is 3.64. The van der Waals surface area contributed by atoms with Gasteiger partial charge in [0.2, 0.25) is 0 Å². The summed E-state index contributed by atoms with van der Waals surface area (Å²) in [6.45, 7) is 15.0. The molecule has 1 N–H and O–H groups in total. The van der Waals surface area contributed by atoms with Gasteiger partial charge in [0.1, 0.15) is 0 Å². The number of ether oxygens (including phenoxy) is 1. The maximum absolute atomic E-state index is 11.9. The van der Waals surface area contributed by atoms with Crippen molar-refractivity contribution in [2.45, 2.75) is 60.0 Å². The molecule has 0 radical (unpaired) electrons. The number of rotatable bonds is 12. The van der Waals surface area contributed by atoms with Gasteiger partial charge in [0.15, 0.2) is 0 Å². The number of halogens is 1. The molecule has 0 saturated carbocycles. The Bertz CT molecular complexity index is 776. The Balaban J connectivity index is -0.000000452. The largest absolute Gasteiger partial charge is 2.00 e. The number of benzene rings is 2. The predicted molar refractivity (Wildman–Crippen MR) is 152 cm³/mol. The van der Waals surface area contributed by atoms with E-state index in [-0.39, 0.29) is 50.2 Å². The van der Waals surface area contributed by atoms with Gasteiger partial charge in [-0.1, -0.05) is 30.3 Å². The minimum absolute atomic E-state index is 0. The zero-order chi connectivity index (χ0) is 27.1. The van der Waals surface area contributed by atoms with Crippen LogP contribution in [-0.2, 0) is 34.0 Å². The molecule has 1 fully saturated rings. The van der Waals surface area contributed by atoms with Gasteiger partial charge in [-0.15, -0.1) is 0 Å². The van der Waals surface area contributed by atoms with Crippen LogP contribution in [0.3, 0.4) is 0 Å². The molecule has 12 heteroatoms. The summed E-state index contributed by atoms with van der Waals surface area (Å²) >= 11 is 0. The molecule has 0 bridgehead atoms. The van der Waals surface area contributed by atoms with Gasteiger partial charge in [0.05, 0.1) is 13.2 Å². The first-order chi connectivity index (χ1) is 17.4. The quantitative estimate of drug-likeness (QED) is 0.130. The second-order valence-electron chi connectivity index (χ2n) is 7.51. The molecule has 212 valence electrons. The van der Waals surface area contributed by atoms with Gasteiger partial charge in [0, 0.05) is 31.8 Å². The van der Waals surface area contributed by atoms with Crippen molar-refractivity contribution < 1.29 is 39.9 Å². The van der Waals surface area contributed by atoms with E-state index in [1.165, 1.54) is 5.56 Å². The van der Waals surface area contributed by atoms with Gasteiger partial charge in [-0.3, -0.25) is 9.05 Å². The second-order valence-corrected chi connectivity index (χ2v) is 9.81. The number of hydroxylamine groups is 1. The zero-order valence-corrected chi connectivity index (χ0v) is 27.5. The molecule has 2 aromatic rings. The summed E-state index contributed by atoms with van der Waals surface area (Å²) in [4.78, 5) is 0. The van der Waals surface area contributed by atoms with Crippen molar-refractivity contribution in [1.29, 1.82) is 0 Å². The Morgan fingerprint density at radius 1 is 1.00 bits per heavy atom. The van der Waals surface area contributed by atoms with Crippen LogP contribution in [-0.4, -0.2) is 72.8 Å². The number of nitrogens with one attached hydrogen (secondary N) is 1. The first kappa shape index (κ1) is 42.1. The van der Waals surface area contributed by atoms with E-state index in [1.54, 1.807) is 4.67 Å². The Hall–Kier alpha value is -0.414. The summed E-state index contributed by atoms with van der Waals surface area (Å²) in [6.07, 6.45) is 0.857. The molecule has 1 unspecified atom stereocenters. The molecule has 38 heavy (non-hydrogen) atoms. The van der Waals surface area contributed by atoms with Crippen LogP contribution < -0.4 is 17.9 Å². The first-order valence-corrected chi connectivity index (χ1v) is 14.5. The molecule has 3 rings (SSSR count). The van der Waals surface area contributed by atoms with Crippen molar-refractivity contribution in [2.75, 3.05) is 33.0 Å². The van der Waals surface area contributed by atoms with Crippen molar-refractivity contribution >= 4 is 39.5 Å². The van der Waals surface area contributed by atoms with E-state index in [0.717, 1.165) is 26.2 Å². The Morgan fingerprint density at radius 3 is 1.82 bits per heavy atom. The zero-order valence-electron chi connectivity index (χ0n) is 23.5. The molecule has 1 heterocycles. The van der Waals surface area contributed by atoms with Gasteiger partial charge in [-0.05, 0) is 53.5 Å². The van der Waals surface area contributed by atoms with Gasteiger partial charge >= 0.3 is 39.5 Å². The van der Waals surface area contributed by atoms with Crippen LogP contribution in [0.5, 0.6) is 0 Å². The predicted octanol–water partition coefficient (Wildman–Crippen LogP) is 3.37. The van der Waals surface area contributed by atoms with Crippen LogP contribution in [0.4, 0.5) is 0 Å². The van der Waals surface area contributed by atoms with Gasteiger partial charge in [-0.25, -0.2) is 18.4 Å². The van der Waals surface area contributed by atoms with Crippen molar-refractivity contribution in [3.05, 3.63) is 72.3 Å². The van der Waals surface area contributed by atoms with Gasteiger partial charge < -0.3 is 17.1 Å². The van der Waals surface area contributed by atoms with E-state index in [1.807, 2.05) is 102 Å². The number of nitrogens with zero attached hydrogens (tertiary/aromatic N) is 1. The normalized spacial score (nSPS) is 15.9. The third-order valence-electron chi connectivity index (χ3n) is 4.42. The van der Waals surface area contributed by atoms with Crippen molar-refractivity contribution in [2.24, 2.45) is 0 Å². The third-order valence-corrected chi connectivity index (χ3v) is 6.95. The van der Waals surface area contributed by atoms with Crippen LogP contribution >= 0.6 is 16.4 Å². The fourth-order valence-electron chi connectivity index (χ4n) is 2.74. The van der Waals surface area contributed by atoms with Crippen LogP contribution in [0, 0.1) is 6.07 Å². The molecular formula is C26H43ClMgN2O6P2. The molecule has 3 atom stereocenters. The Morgan fingerprint density at radius 2 is 1.50 bits per heavy atom. The molecular weight excluding hydrogens is 558 g/mol. The molecule has 0 aromatic heterocycles. The maximum Gasteiger partial charge on any atom is 2.00 e. The average molecular weight is 601 g/mol.